The molecule has 0 saturated heterocycles. The number of hydrogen-bond donors (Lipinski definition) is 2. The van der Waals surface area contributed by atoms with Crippen LogP contribution in [0.2, 0.25) is 0 Å². The fourth-order valence-corrected chi connectivity index (χ4v) is 2.11. The monoisotopic (exact) mass is 251 g/mol. The number of rotatable bonds is 8. The Balaban J connectivity index is 1.73. The van der Waals surface area contributed by atoms with E-state index in [4.69, 9.17) is 0 Å². The van der Waals surface area contributed by atoms with E-state index in [0.717, 1.165) is 32.2 Å². The van der Waals surface area contributed by atoms with Crippen molar-refractivity contribution in [2.45, 2.75) is 57.2 Å². The Labute approximate surface area is 107 Å². The molecule has 1 unspecified atom stereocenters. The van der Waals surface area contributed by atoms with Crippen LogP contribution in [0.3, 0.4) is 0 Å². The van der Waals surface area contributed by atoms with E-state index >= 15 is 0 Å². The third kappa shape index (κ3) is 3.57. The van der Waals surface area contributed by atoms with Gasteiger partial charge in [0.25, 0.3) is 0 Å². The minimum Gasteiger partial charge on any atom is -0.480 e. The lowest BCUT2D eigenvalue weighted by Crippen LogP contribution is -2.50. The Morgan fingerprint density at radius 1 is 1.56 bits per heavy atom. The van der Waals surface area contributed by atoms with Gasteiger partial charge >= 0.3 is 5.97 Å². The first-order valence-corrected chi connectivity index (χ1v) is 6.57. The summed E-state index contributed by atoms with van der Waals surface area (Å²) in [5, 5.41) is 12.6. The quantitative estimate of drug-likeness (QED) is 0.689. The maximum atomic E-state index is 11.3. The second-order valence-corrected chi connectivity index (χ2v) is 5.31. The van der Waals surface area contributed by atoms with Crippen LogP contribution in [0.15, 0.2) is 18.7 Å². The standard InChI is InChI=1S/C13H21N3O2/c1-13(12(17)18,15-11-4-5-11)6-2-3-8-16-9-7-14-10-16/h7,9-11,15H,2-6,8H2,1H3,(H,17,18). The molecule has 0 amide bonds. The summed E-state index contributed by atoms with van der Waals surface area (Å²) < 4.78 is 2.02. The Kier molecular flexibility index (Phi) is 4.01. The number of carbonyl (C=O) groups is 1. The maximum absolute atomic E-state index is 11.3. The first kappa shape index (κ1) is 13.1. The molecule has 18 heavy (non-hydrogen) atoms. The van der Waals surface area contributed by atoms with Crippen molar-refractivity contribution in [2.24, 2.45) is 0 Å². The van der Waals surface area contributed by atoms with E-state index in [9.17, 15) is 9.90 Å². The second kappa shape index (κ2) is 5.52. The molecule has 5 heteroatoms. The Morgan fingerprint density at radius 2 is 2.33 bits per heavy atom. The lowest BCUT2D eigenvalue weighted by molar-refractivity contribution is -0.144. The molecule has 1 atom stereocenters. The highest BCUT2D eigenvalue weighted by molar-refractivity contribution is 5.78. The molecule has 2 rings (SSSR count). The average molecular weight is 251 g/mol. The Morgan fingerprint density at radius 3 is 2.89 bits per heavy atom. The molecule has 0 aliphatic heterocycles. The normalized spacial score (nSPS) is 18.5. The van der Waals surface area contributed by atoms with E-state index in [1.54, 1.807) is 19.4 Å². The molecular formula is C13H21N3O2. The molecule has 0 radical (unpaired) electrons. The van der Waals surface area contributed by atoms with Crippen molar-refractivity contribution in [2.75, 3.05) is 0 Å². The predicted molar refractivity (Wildman–Crippen MR) is 68.3 cm³/mol. The molecule has 1 aliphatic carbocycles. The third-order valence-corrected chi connectivity index (χ3v) is 3.47. The van der Waals surface area contributed by atoms with Crippen molar-refractivity contribution in [3.05, 3.63) is 18.7 Å². The first-order valence-electron chi connectivity index (χ1n) is 6.57. The molecule has 1 fully saturated rings. The lowest BCUT2D eigenvalue weighted by atomic mass is 9.94. The van der Waals surface area contributed by atoms with Crippen LogP contribution in [0, 0.1) is 0 Å². The molecule has 0 aromatic carbocycles. The van der Waals surface area contributed by atoms with Crippen LogP contribution >= 0.6 is 0 Å². The van der Waals surface area contributed by atoms with Gasteiger partial charge in [0.2, 0.25) is 0 Å². The zero-order chi connectivity index (χ0) is 13.0. The van der Waals surface area contributed by atoms with Crippen molar-refractivity contribution in [1.82, 2.24) is 14.9 Å². The minimum atomic E-state index is -0.768. The predicted octanol–water partition coefficient (Wildman–Crippen LogP) is 1.65. The van der Waals surface area contributed by atoms with Crippen molar-refractivity contribution >= 4 is 5.97 Å². The van der Waals surface area contributed by atoms with Gasteiger partial charge in [0.05, 0.1) is 6.33 Å². The van der Waals surface area contributed by atoms with Crippen LogP contribution < -0.4 is 5.32 Å². The molecule has 1 saturated carbocycles. The van der Waals surface area contributed by atoms with Gasteiger partial charge in [-0.1, -0.05) is 0 Å². The lowest BCUT2D eigenvalue weighted by Gasteiger charge is -2.26. The van der Waals surface area contributed by atoms with Gasteiger partial charge in [-0.25, -0.2) is 4.98 Å². The molecule has 5 nitrogen and oxygen atoms in total. The molecule has 1 aromatic heterocycles. The average Bonchev–Trinajstić information content (AvgIpc) is 2.97. The summed E-state index contributed by atoms with van der Waals surface area (Å²) >= 11 is 0. The van der Waals surface area contributed by atoms with E-state index in [1.165, 1.54) is 0 Å². The largest absolute Gasteiger partial charge is 0.480 e. The first-order chi connectivity index (χ1) is 8.60. The molecule has 2 N–H and O–H groups in total. The van der Waals surface area contributed by atoms with Crippen LogP contribution in [-0.2, 0) is 11.3 Å². The van der Waals surface area contributed by atoms with Gasteiger partial charge < -0.3 is 9.67 Å². The Bertz CT molecular complexity index is 387. The summed E-state index contributed by atoms with van der Waals surface area (Å²) in [5.74, 6) is -0.739. The third-order valence-electron chi connectivity index (χ3n) is 3.47. The molecule has 100 valence electrons. The van der Waals surface area contributed by atoms with Crippen LogP contribution in [0.1, 0.15) is 39.0 Å². The number of nitrogens with zero attached hydrogens (tertiary/aromatic N) is 2. The van der Waals surface area contributed by atoms with E-state index in [0.29, 0.717) is 12.5 Å². The van der Waals surface area contributed by atoms with E-state index in [1.807, 2.05) is 10.8 Å². The molecule has 1 heterocycles. The number of nitrogens with one attached hydrogen (secondary N) is 1. The van der Waals surface area contributed by atoms with Gasteiger partial charge in [-0.3, -0.25) is 10.1 Å². The van der Waals surface area contributed by atoms with E-state index in [2.05, 4.69) is 10.3 Å². The highest BCUT2D eigenvalue weighted by atomic mass is 16.4. The SMILES string of the molecule is CC(CCCCn1ccnc1)(NC1CC1)C(=O)O. The van der Waals surface area contributed by atoms with Crippen molar-refractivity contribution in [3.63, 3.8) is 0 Å². The maximum Gasteiger partial charge on any atom is 0.323 e. The molecule has 1 aliphatic rings. The second-order valence-electron chi connectivity index (χ2n) is 5.31. The number of carboxylic acids is 1. The molecule has 1 aromatic rings. The topological polar surface area (TPSA) is 67.2 Å². The number of carboxylic acid groups (broad SMARTS) is 1. The van der Waals surface area contributed by atoms with Crippen LogP contribution in [0.4, 0.5) is 0 Å². The van der Waals surface area contributed by atoms with Crippen molar-refractivity contribution in [3.8, 4) is 0 Å². The van der Waals surface area contributed by atoms with Crippen LogP contribution in [0.5, 0.6) is 0 Å². The zero-order valence-electron chi connectivity index (χ0n) is 10.8. The van der Waals surface area contributed by atoms with Gasteiger partial charge in [-0.05, 0) is 39.0 Å². The van der Waals surface area contributed by atoms with Gasteiger partial charge in [0.15, 0.2) is 0 Å². The summed E-state index contributed by atoms with van der Waals surface area (Å²) in [6.07, 6.45) is 10.3. The van der Waals surface area contributed by atoms with Crippen molar-refractivity contribution < 1.29 is 9.90 Å². The summed E-state index contributed by atoms with van der Waals surface area (Å²) in [7, 11) is 0. The van der Waals surface area contributed by atoms with Crippen LogP contribution in [-0.4, -0.2) is 32.2 Å². The zero-order valence-corrected chi connectivity index (χ0v) is 10.8. The summed E-state index contributed by atoms with van der Waals surface area (Å²) in [5.41, 5.74) is -0.768. The summed E-state index contributed by atoms with van der Waals surface area (Å²) in [6.45, 7) is 2.70. The van der Waals surface area contributed by atoms with E-state index < -0.39 is 11.5 Å². The number of aryl methyl sites for hydroxylation is 1. The number of unbranched alkanes of at least 4 members (excludes halogenated alkanes) is 1. The summed E-state index contributed by atoms with van der Waals surface area (Å²) in [4.78, 5) is 15.3. The van der Waals surface area contributed by atoms with Gasteiger partial charge in [-0.2, -0.15) is 0 Å². The van der Waals surface area contributed by atoms with E-state index in [-0.39, 0.29) is 0 Å². The molecular weight excluding hydrogens is 230 g/mol. The Hall–Kier alpha value is -1.36. The summed E-state index contributed by atoms with van der Waals surface area (Å²) in [6, 6.07) is 0.416. The molecule has 0 bridgehead atoms. The number of aliphatic carboxylic acids is 1. The fourth-order valence-electron chi connectivity index (χ4n) is 2.11. The highest BCUT2D eigenvalue weighted by Gasteiger charge is 2.37. The van der Waals surface area contributed by atoms with Crippen molar-refractivity contribution in [1.29, 1.82) is 0 Å². The smallest absolute Gasteiger partial charge is 0.323 e. The number of imidazole rings is 1. The van der Waals surface area contributed by atoms with Crippen LogP contribution in [0.25, 0.3) is 0 Å². The number of aromatic nitrogens is 2. The minimum absolute atomic E-state index is 0.416. The fraction of sp³-hybridized carbons (Fsp3) is 0.692. The van der Waals surface area contributed by atoms with Gasteiger partial charge in [-0.15, -0.1) is 0 Å². The highest BCUT2D eigenvalue weighted by Crippen LogP contribution is 2.25. The number of hydrogen-bond acceptors (Lipinski definition) is 3. The molecule has 0 spiro atoms. The van der Waals surface area contributed by atoms with Gasteiger partial charge in [0.1, 0.15) is 5.54 Å². The van der Waals surface area contributed by atoms with Gasteiger partial charge in [0, 0.05) is 25.0 Å².